The van der Waals surface area contributed by atoms with Crippen LogP contribution in [0.25, 0.3) is 0 Å². The largest absolute Gasteiger partial charge is 0.524 e. The molecule has 1 aromatic carbocycles. The normalized spacial score (nSPS) is 30.2. The molecule has 5 rings (SSSR count). The van der Waals surface area contributed by atoms with Gasteiger partial charge in [-0.2, -0.15) is 0 Å². The minimum absolute atomic E-state index is 0.175. The van der Waals surface area contributed by atoms with Gasteiger partial charge in [-0.05, 0) is 123 Å². The molecule has 4 aliphatic rings. The van der Waals surface area contributed by atoms with Crippen molar-refractivity contribution < 1.29 is 19.9 Å². The zero-order valence-electron chi connectivity index (χ0n) is 34.9. The molecule has 56 heavy (non-hydrogen) atoms. The summed E-state index contributed by atoms with van der Waals surface area (Å²) in [7, 11) is 0. The number of para-hydroxylation sites is 1. The Hall–Kier alpha value is -3.08. The number of fused-ring (bicyclic) bond motifs is 5. The first-order valence-electron chi connectivity index (χ1n) is 22.3. The number of aliphatic hydroxyl groups excluding tert-OH is 1. The molecule has 1 aromatic rings. The highest BCUT2D eigenvalue weighted by Gasteiger charge is 2.77. The van der Waals surface area contributed by atoms with E-state index in [1.54, 1.807) is 0 Å². The summed E-state index contributed by atoms with van der Waals surface area (Å²) < 4.78 is 0. The van der Waals surface area contributed by atoms with Gasteiger partial charge >= 0.3 is 11.2 Å². The zero-order valence-corrected chi connectivity index (χ0v) is 34.9. The van der Waals surface area contributed by atoms with Gasteiger partial charge in [-0.25, -0.2) is 0 Å². The maximum atomic E-state index is 12.7. The van der Waals surface area contributed by atoms with Crippen LogP contribution in [0.15, 0.2) is 42.0 Å². The van der Waals surface area contributed by atoms with Crippen LogP contribution in [-0.2, 0) is 0 Å². The summed E-state index contributed by atoms with van der Waals surface area (Å²) in [5.41, 5.74) is -2.20. The van der Waals surface area contributed by atoms with Crippen LogP contribution in [-0.4, -0.2) is 43.7 Å². The van der Waals surface area contributed by atoms with Gasteiger partial charge in [0.15, 0.2) is 0 Å². The highest BCUT2D eigenvalue weighted by atomic mass is 16.7. The Kier molecular flexibility index (Phi) is 15.0. The van der Waals surface area contributed by atoms with E-state index in [-0.39, 0.29) is 35.7 Å². The first kappa shape index (κ1) is 44.0. The summed E-state index contributed by atoms with van der Waals surface area (Å²) in [6.07, 6.45) is 20.5. The van der Waals surface area contributed by atoms with Gasteiger partial charge in [0.25, 0.3) is 0 Å². The van der Waals surface area contributed by atoms with Gasteiger partial charge in [-0.15, -0.1) is 0 Å². The molecule has 2 N–H and O–H groups in total. The molecular weight excluding hydrogens is 709 g/mol. The molecule has 0 saturated heterocycles. The van der Waals surface area contributed by atoms with Crippen LogP contribution in [0.2, 0.25) is 0 Å². The number of benzene rings is 1. The van der Waals surface area contributed by atoms with E-state index in [0.717, 1.165) is 96.2 Å². The molecular formula is C45H72N4O7. The lowest BCUT2D eigenvalue weighted by Gasteiger charge is -2.58. The maximum Gasteiger partial charge on any atom is 0.524 e. The van der Waals surface area contributed by atoms with E-state index in [9.17, 15) is 35.4 Å². The molecule has 314 valence electrons. The lowest BCUT2D eigenvalue weighted by Crippen LogP contribution is -2.66. The van der Waals surface area contributed by atoms with Crippen molar-refractivity contribution in [3.05, 3.63) is 72.3 Å². The molecule has 4 aliphatic carbocycles. The van der Waals surface area contributed by atoms with Crippen molar-refractivity contribution >= 4 is 5.69 Å². The van der Waals surface area contributed by atoms with Crippen LogP contribution in [0.1, 0.15) is 169 Å². The molecule has 3 fully saturated rings. The van der Waals surface area contributed by atoms with Crippen molar-refractivity contribution in [1.29, 1.82) is 0 Å². The van der Waals surface area contributed by atoms with Crippen LogP contribution in [0.5, 0.6) is 0 Å². The molecule has 11 nitrogen and oxygen atoms in total. The van der Waals surface area contributed by atoms with E-state index in [1.165, 1.54) is 31.3 Å². The third-order valence-corrected chi connectivity index (χ3v) is 16.1. The third-order valence-electron chi connectivity index (χ3n) is 16.1. The highest BCUT2D eigenvalue weighted by molar-refractivity contribution is 5.42. The Morgan fingerprint density at radius 1 is 0.786 bits per heavy atom. The molecule has 11 heteroatoms. The van der Waals surface area contributed by atoms with Crippen LogP contribution >= 0.6 is 0 Å². The number of anilines is 1. The smallest absolute Gasteiger partial charge is 0.393 e. The fourth-order valence-corrected chi connectivity index (χ4v) is 12.6. The van der Waals surface area contributed by atoms with Crippen molar-refractivity contribution in [2.45, 2.75) is 186 Å². The number of rotatable bonds is 23. The predicted molar refractivity (Wildman–Crippen MR) is 222 cm³/mol. The SMILES string of the molecule is C[C@H](CCCC(C)([N+](=O)[O-])C(CCCCCCCCCCCCNc1ccccc1)([N+](=O)[O-])[N+](=O)[O-])[C@H]1CC[C@H]2[C@@H]3CC=C4C[C@@H](O)CC[C@]4(C)[C@H]3CC[C@]12C. The Labute approximate surface area is 335 Å². The Morgan fingerprint density at radius 2 is 1.41 bits per heavy atom. The molecule has 3 saturated carbocycles. The number of hydrogen-bond acceptors (Lipinski definition) is 8. The summed E-state index contributed by atoms with van der Waals surface area (Å²) >= 11 is 0. The Morgan fingerprint density at radius 3 is 2.04 bits per heavy atom. The lowest BCUT2D eigenvalue weighted by atomic mass is 9.47. The summed E-state index contributed by atoms with van der Waals surface area (Å²) in [6, 6.07) is 10.2. The molecule has 0 aromatic heterocycles. The number of nitrogens with one attached hydrogen (secondary N) is 1. The van der Waals surface area contributed by atoms with Gasteiger partial charge < -0.3 is 10.4 Å². The van der Waals surface area contributed by atoms with Crippen molar-refractivity contribution in [1.82, 2.24) is 0 Å². The number of nitrogens with zero attached hydrogens (tertiary/aromatic N) is 3. The van der Waals surface area contributed by atoms with Crippen molar-refractivity contribution in [2.24, 2.45) is 40.4 Å². The number of unbranched alkanes of at least 4 members (excludes halogenated alkanes) is 9. The number of allylic oxidation sites excluding steroid dienone is 1. The average Bonchev–Trinajstić information content (AvgIpc) is 3.52. The van der Waals surface area contributed by atoms with Gasteiger partial charge in [-0.3, -0.25) is 30.3 Å². The highest BCUT2D eigenvalue weighted by Crippen LogP contribution is 2.67. The summed E-state index contributed by atoms with van der Waals surface area (Å²) in [4.78, 5) is 35.3. The van der Waals surface area contributed by atoms with E-state index in [4.69, 9.17) is 0 Å². The monoisotopic (exact) mass is 781 g/mol. The van der Waals surface area contributed by atoms with E-state index in [0.29, 0.717) is 42.9 Å². The second kappa shape index (κ2) is 19.1. The van der Waals surface area contributed by atoms with Crippen LogP contribution < -0.4 is 5.32 Å². The van der Waals surface area contributed by atoms with Crippen molar-refractivity contribution in [3.63, 3.8) is 0 Å². The molecule has 0 heterocycles. The fourth-order valence-electron chi connectivity index (χ4n) is 12.6. The standard InChI is InChI=1S/C45H72N4O7/c1-34(39-24-25-40-38-23-22-35-33-37(50)26-30-42(35,2)41(38)27-31-43(39,40)3)19-18-28-44(4,47(51)52)45(48(53)54,49(55)56)29-16-11-9-7-5-6-8-10-12-17-32-46-36-20-14-13-15-21-36/h13-15,20-22,34,37-41,46,50H,5-12,16-19,23-33H2,1-4H3/t34-,37+,38+,39-,40+,41+,42+,43-,44?/m1/s1. The molecule has 0 amide bonds. The van der Waals surface area contributed by atoms with Gasteiger partial charge in [0.1, 0.15) is 9.85 Å². The zero-order chi connectivity index (χ0) is 40.6. The van der Waals surface area contributed by atoms with Crippen LogP contribution in [0, 0.1) is 70.8 Å². The number of hydrogen-bond donors (Lipinski definition) is 2. The molecule has 0 aliphatic heterocycles. The summed E-state index contributed by atoms with van der Waals surface area (Å²) in [5.74, 6) is 2.63. The molecule has 0 spiro atoms. The van der Waals surface area contributed by atoms with Gasteiger partial charge in [0, 0.05) is 30.5 Å². The van der Waals surface area contributed by atoms with Crippen LogP contribution in [0.3, 0.4) is 0 Å². The topological polar surface area (TPSA) is 162 Å². The lowest BCUT2D eigenvalue weighted by molar-refractivity contribution is -0.851. The van der Waals surface area contributed by atoms with Gasteiger partial charge in [0.05, 0.1) is 12.5 Å². The van der Waals surface area contributed by atoms with Crippen molar-refractivity contribution in [3.8, 4) is 0 Å². The number of aliphatic hydroxyl groups is 1. The van der Waals surface area contributed by atoms with Crippen molar-refractivity contribution in [2.75, 3.05) is 11.9 Å². The van der Waals surface area contributed by atoms with Gasteiger partial charge in [-0.1, -0.05) is 108 Å². The van der Waals surface area contributed by atoms with E-state index < -0.39 is 32.4 Å². The fraction of sp³-hybridized carbons (Fsp3) is 0.822. The molecule has 0 bridgehead atoms. The van der Waals surface area contributed by atoms with Gasteiger partial charge in [0.2, 0.25) is 0 Å². The second-order valence-corrected chi connectivity index (χ2v) is 19.2. The molecule has 1 unspecified atom stereocenters. The predicted octanol–water partition coefficient (Wildman–Crippen LogP) is 11.4. The third kappa shape index (κ3) is 9.13. The minimum Gasteiger partial charge on any atom is -0.393 e. The van der Waals surface area contributed by atoms with E-state index >= 15 is 0 Å². The summed E-state index contributed by atoms with van der Waals surface area (Å²) in [6.45, 7) is 9.26. The maximum absolute atomic E-state index is 12.7. The Balaban J connectivity index is 1.07. The first-order valence-corrected chi connectivity index (χ1v) is 22.3. The minimum atomic E-state index is -2.86. The number of nitro groups is 3. The Bertz CT molecular complexity index is 1490. The molecule has 9 atom stereocenters. The van der Waals surface area contributed by atoms with E-state index in [2.05, 4.69) is 44.3 Å². The van der Waals surface area contributed by atoms with E-state index in [1.807, 2.05) is 18.2 Å². The average molecular weight is 781 g/mol. The summed E-state index contributed by atoms with van der Waals surface area (Å²) in [5, 5.41) is 51.7. The molecule has 0 radical (unpaired) electrons. The first-order chi connectivity index (χ1) is 26.7. The second-order valence-electron chi connectivity index (χ2n) is 19.2. The quantitative estimate of drug-likeness (QED) is 0.0364. The van der Waals surface area contributed by atoms with Crippen LogP contribution in [0.4, 0.5) is 5.69 Å².